The van der Waals surface area contributed by atoms with Gasteiger partial charge < -0.3 is 5.73 Å². The van der Waals surface area contributed by atoms with E-state index >= 15 is 0 Å². The number of aromatic amines is 1. The van der Waals surface area contributed by atoms with Gasteiger partial charge in [-0.15, -0.1) is 0 Å². The standard InChI is InChI=1S/C11H13N3/c12-11(8-10-6-7-13-14-10)9-4-2-1-3-5-9/h1-7,11H,8,12H2,(H,13,14). The summed E-state index contributed by atoms with van der Waals surface area (Å²) in [4.78, 5) is 0. The average Bonchev–Trinajstić information content (AvgIpc) is 2.72. The smallest absolute Gasteiger partial charge is 0.0490 e. The van der Waals surface area contributed by atoms with E-state index in [4.69, 9.17) is 5.73 Å². The number of hydrogen-bond acceptors (Lipinski definition) is 2. The predicted molar refractivity (Wildman–Crippen MR) is 55.7 cm³/mol. The molecular weight excluding hydrogens is 174 g/mol. The first-order chi connectivity index (χ1) is 6.86. The summed E-state index contributed by atoms with van der Waals surface area (Å²) in [6.45, 7) is 0. The molecule has 0 aliphatic carbocycles. The van der Waals surface area contributed by atoms with Gasteiger partial charge in [0.25, 0.3) is 0 Å². The van der Waals surface area contributed by atoms with E-state index in [0.717, 1.165) is 17.7 Å². The molecule has 3 nitrogen and oxygen atoms in total. The molecule has 14 heavy (non-hydrogen) atoms. The van der Waals surface area contributed by atoms with Crippen molar-refractivity contribution in [2.75, 3.05) is 0 Å². The molecule has 0 aliphatic heterocycles. The van der Waals surface area contributed by atoms with Gasteiger partial charge in [-0.25, -0.2) is 0 Å². The maximum atomic E-state index is 6.04. The summed E-state index contributed by atoms with van der Waals surface area (Å²) < 4.78 is 0. The Hall–Kier alpha value is -1.61. The van der Waals surface area contributed by atoms with E-state index in [0.29, 0.717) is 0 Å². The summed E-state index contributed by atoms with van der Waals surface area (Å²) >= 11 is 0. The summed E-state index contributed by atoms with van der Waals surface area (Å²) in [5.74, 6) is 0. The zero-order chi connectivity index (χ0) is 9.80. The molecule has 3 N–H and O–H groups in total. The molecule has 1 unspecified atom stereocenters. The minimum absolute atomic E-state index is 0.0386. The van der Waals surface area contributed by atoms with E-state index < -0.39 is 0 Å². The van der Waals surface area contributed by atoms with Crippen molar-refractivity contribution in [3.8, 4) is 0 Å². The van der Waals surface area contributed by atoms with Crippen LogP contribution < -0.4 is 5.73 Å². The Morgan fingerprint density at radius 1 is 1.21 bits per heavy atom. The molecular formula is C11H13N3. The van der Waals surface area contributed by atoms with Crippen molar-refractivity contribution < 1.29 is 0 Å². The van der Waals surface area contributed by atoms with Gasteiger partial charge in [0.2, 0.25) is 0 Å². The number of rotatable bonds is 3. The van der Waals surface area contributed by atoms with Crippen molar-refractivity contribution in [2.45, 2.75) is 12.5 Å². The number of hydrogen-bond donors (Lipinski definition) is 2. The van der Waals surface area contributed by atoms with Crippen LogP contribution in [0.4, 0.5) is 0 Å². The second kappa shape index (κ2) is 4.07. The Balaban J connectivity index is 2.07. The minimum Gasteiger partial charge on any atom is -0.324 e. The normalized spacial score (nSPS) is 12.6. The maximum Gasteiger partial charge on any atom is 0.0490 e. The van der Waals surface area contributed by atoms with Crippen molar-refractivity contribution in [3.05, 3.63) is 53.9 Å². The number of benzene rings is 1. The highest BCUT2D eigenvalue weighted by atomic mass is 15.1. The van der Waals surface area contributed by atoms with Crippen LogP contribution >= 0.6 is 0 Å². The SMILES string of the molecule is NC(Cc1ccn[nH]1)c1ccccc1. The van der Waals surface area contributed by atoms with Crippen LogP contribution in [-0.4, -0.2) is 10.2 Å². The summed E-state index contributed by atoms with van der Waals surface area (Å²) in [6.07, 6.45) is 2.54. The molecule has 1 aromatic carbocycles. The van der Waals surface area contributed by atoms with Gasteiger partial charge in [-0.3, -0.25) is 5.10 Å². The van der Waals surface area contributed by atoms with Crippen molar-refractivity contribution in [1.29, 1.82) is 0 Å². The van der Waals surface area contributed by atoms with Crippen LogP contribution in [0.25, 0.3) is 0 Å². The molecule has 0 saturated carbocycles. The van der Waals surface area contributed by atoms with Crippen LogP contribution in [0.3, 0.4) is 0 Å². The Labute approximate surface area is 83.0 Å². The lowest BCUT2D eigenvalue weighted by Crippen LogP contribution is -2.13. The van der Waals surface area contributed by atoms with E-state index in [1.807, 2.05) is 36.4 Å². The fourth-order valence-corrected chi connectivity index (χ4v) is 1.45. The largest absolute Gasteiger partial charge is 0.324 e. The van der Waals surface area contributed by atoms with Crippen molar-refractivity contribution in [2.24, 2.45) is 5.73 Å². The number of nitrogens with zero attached hydrogens (tertiary/aromatic N) is 1. The molecule has 1 atom stereocenters. The molecule has 72 valence electrons. The molecule has 0 fully saturated rings. The van der Waals surface area contributed by atoms with Crippen LogP contribution in [0, 0.1) is 0 Å². The molecule has 0 amide bonds. The van der Waals surface area contributed by atoms with Crippen molar-refractivity contribution >= 4 is 0 Å². The molecule has 1 heterocycles. The van der Waals surface area contributed by atoms with E-state index in [-0.39, 0.29) is 6.04 Å². The molecule has 0 bridgehead atoms. The van der Waals surface area contributed by atoms with E-state index in [1.165, 1.54) is 0 Å². The molecule has 2 rings (SSSR count). The Bertz CT molecular complexity index is 367. The molecule has 0 spiro atoms. The molecule has 0 aliphatic rings. The highest BCUT2D eigenvalue weighted by Crippen LogP contribution is 2.13. The summed E-state index contributed by atoms with van der Waals surface area (Å²) in [5, 5.41) is 6.80. The highest BCUT2D eigenvalue weighted by molar-refractivity contribution is 5.20. The van der Waals surface area contributed by atoms with Gasteiger partial charge in [0.1, 0.15) is 0 Å². The van der Waals surface area contributed by atoms with Gasteiger partial charge >= 0.3 is 0 Å². The molecule has 2 aromatic rings. The van der Waals surface area contributed by atoms with Gasteiger partial charge in [-0.2, -0.15) is 5.10 Å². The zero-order valence-corrected chi connectivity index (χ0v) is 7.85. The second-order valence-corrected chi connectivity index (χ2v) is 3.30. The van der Waals surface area contributed by atoms with Gasteiger partial charge in [0, 0.05) is 24.4 Å². The van der Waals surface area contributed by atoms with Gasteiger partial charge in [-0.05, 0) is 11.6 Å². The fraction of sp³-hybridized carbons (Fsp3) is 0.182. The number of nitrogens with two attached hydrogens (primary N) is 1. The molecule has 0 radical (unpaired) electrons. The van der Waals surface area contributed by atoms with Crippen molar-refractivity contribution in [1.82, 2.24) is 10.2 Å². The van der Waals surface area contributed by atoms with Gasteiger partial charge in [0.15, 0.2) is 0 Å². The lowest BCUT2D eigenvalue weighted by molar-refractivity contribution is 0.704. The number of aromatic nitrogens is 2. The molecule has 0 saturated heterocycles. The van der Waals surface area contributed by atoms with E-state index in [9.17, 15) is 0 Å². The third-order valence-electron chi connectivity index (χ3n) is 2.23. The van der Waals surface area contributed by atoms with Gasteiger partial charge in [-0.1, -0.05) is 30.3 Å². The van der Waals surface area contributed by atoms with Crippen LogP contribution in [0.1, 0.15) is 17.3 Å². The lowest BCUT2D eigenvalue weighted by atomic mass is 10.0. The third-order valence-corrected chi connectivity index (χ3v) is 2.23. The summed E-state index contributed by atoms with van der Waals surface area (Å²) in [5.41, 5.74) is 8.26. The second-order valence-electron chi connectivity index (χ2n) is 3.30. The summed E-state index contributed by atoms with van der Waals surface area (Å²) in [7, 11) is 0. The Morgan fingerprint density at radius 3 is 2.64 bits per heavy atom. The van der Waals surface area contributed by atoms with E-state index in [1.54, 1.807) is 6.20 Å². The van der Waals surface area contributed by atoms with Crippen LogP contribution in [-0.2, 0) is 6.42 Å². The molecule has 1 aromatic heterocycles. The summed E-state index contributed by atoms with van der Waals surface area (Å²) in [6, 6.07) is 12.1. The van der Waals surface area contributed by atoms with Crippen LogP contribution in [0.2, 0.25) is 0 Å². The van der Waals surface area contributed by atoms with Crippen LogP contribution in [0.5, 0.6) is 0 Å². The number of nitrogens with one attached hydrogen (secondary N) is 1. The Kier molecular flexibility index (Phi) is 2.60. The zero-order valence-electron chi connectivity index (χ0n) is 7.85. The predicted octanol–water partition coefficient (Wildman–Crippen LogP) is 1.65. The maximum absolute atomic E-state index is 6.04. The highest BCUT2D eigenvalue weighted by Gasteiger charge is 2.06. The first-order valence-corrected chi connectivity index (χ1v) is 4.65. The lowest BCUT2D eigenvalue weighted by Gasteiger charge is -2.09. The number of H-pyrrole nitrogens is 1. The fourth-order valence-electron chi connectivity index (χ4n) is 1.45. The van der Waals surface area contributed by atoms with Gasteiger partial charge in [0.05, 0.1) is 0 Å². The monoisotopic (exact) mass is 187 g/mol. The minimum atomic E-state index is 0.0386. The van der Waals surface area contributed by atoms with E-state index in [2.05, 4.69) is 10.2 Å². The first-order valence-electron chi connectivity index (χ1n) is 4.65. The molecule has 3 heteroatoms. The third kappa shape index (κ3) is 2.00. The first kappa shape index (κ1) is 8.97. The quantitative estimate of drug-likeness (QED) is 0.767. The topological polar surface area (TPSA) is 54.7 Å². The Morgan fingerprint density at radius 2 is 2.00 bits per heavy atom. The van der Waals surface area contributed by atoms with Crippen molar-refractivity contribution in [3.63, 3.8) is 0 Å². The van der Waals surface area contributed by atoms with Crippen LogP contribution in [0.15, 0.2) is 42.6 Å². The average molecular weight is 187 g/mol.